The maximum atomic E-state index is 11.9. The SMILES string of the molecule is Cc1c(Cl)c(-c2ccc3c(c2)CCN3S(C)(=O)=O)nc2ccccc12.Cl. The van der Waals surface area contributed by atoms with Gasteiger partial charge in [-0.1, -0.05) is 35.9 Å². The molecule has 0 bridgehead atoms. The van der Waals surface area contributed by atoms with Crippen molar-refractivity contribution in [3.8, 4) is 11.3 Å². The first-order chi connectivity index (χ1) is 11.9. The molecule has 1 aliphatic heterocycles. The summed E-state index contributed by atoms with van der Waals surface area (Å²) in [6.45, 7) is 2.48. The van der Waals surface area contributed by atoms with E-state index in [2.05, 4.69) is 0 Å². The van der Waals surface area contributed by atoms with Crippen molar-refractivity contribution in [3.63, 3.8) is 0 Å². The molecule has 0 N–H and O–H groups in total. The van der Waals surface area contributed by atoms with Gasteiger partial charge >= 0.3 is 0 Å². The molecule has 0 saturated carbocycles. The average molecular weight is 409 g/mol. The quantitative estimate of drug-likeness (QED) is 0.621. The van der Waals surface area contributed by atoms with Crippen molar-refractivity contribution in [1.82, 2.24) is 4.98 Å². The first-order valence-corrected chi connectivity index (χ1v) is 10.2. The van der Waals surface area contributed by atoms with Gasteiger partial charge in [-0.05, 0) is 42.7 Å². The molecule has 4 nitrogen and oxygen atoms in total. The van der Waals surface area contributed by atoms with Gasteiger partial charge in [-0.15, -0.1) is 12.4 Å². The van der Waals surface area contributed by atoms with E-state index >= 15 is 0 Å². The van der Waals surface area contributed by atoms with Crippen molar-refractivity contribution < 1.29 is 8.42 Å². The van der Waals surface area contributed by atoms with Crippen LogP contribution in [0.1, 0.15) is 11.1 Å². The average Bonchev–Trinajstić information content (AvgIpc) is 3.01. The third kappa shape index (κ3) is 3.04. The van der Waals surface area contributed by atoms with E-state index in [0.29, 0.717) is 18.0 Å². The van der Waals surface area contributed by atoms with Crippen LogP contribution in [0.5, 0.6) is 0 Å². The maximum absolute atomic E-state index is 11.9. The number of halogens is 2. The first kappa shape index (κ1) is 19.0. The maximum Gasteiger partial charge on any atom is 0.232 e. The van der Waals surface area contributed by atoms with Crippen LogP contribution in [0.2, 0.25) is 5.02 Å². The van der Waals surface area contributed by atoms with Crippen molar-refractivity contribution in [1.29, 1.82) is 0 Å². The monoisotopic (exact) mass is 408 g/mol. The molecule has 3 aromatic rings. The van der Waals surface area contributed by atoms with Crippen molar-refractivity contribution in [2.24, 2.45) is 0 Å². The van der Waals surface area contributed by atoms with Gasteiger partial charge in [0.1, 0.15) is 0 Å². The Labute approximate surface area is 164 Å². The number of aromatic nitrogens is 1. The molecular weight excluding hydrogens is 391 g/mol. The number of aryl methyl sites for hydroxylation is 1. The van der Waals surface area contributed by atoms with E-state index in [1.807, 2.05) is 49.4 Å². The molecule has 26 heavy (non-hydrogen) atoms. The Hall–Kier alpha value is -1.82. The summed E-state index contributed by atoms with van der Waals surface area (Å²) in [5.41, 5.74) is 5.30. The van der Waals surface area contributed by atoms with Gasteiger partial charge in [-0.3, -0.25) is 4.31 Å². The van der Waals surface area contributed by atoms with Crippen molar-refractivity contribution in [2.75, 3.05) is 17.1 Å². The lowest BCUT2D eigenvalue weighted by Crippen LogP contribution is -2.27. The minimum atomic E-state index is -3.25. The fourth-order valence-corrected chi connectivity index (χ4v) is 4.62. The number of pyridine rings is 1. The number of para-hydroxylation sites is 1. The zero-order valence-corrected chi connectivity index (χ0v) is 16.7. The highest BCUT2D eigenvalue weighted by atomic mass is 35.5. The molecule has 2 heterocycles. The summed E-state index contributed by atoms with van der Waals surface area (Å²) in [4.78, 5) is 4.74. The molecule has 0 aliphatic carbocycles. The molecule has 0 spiro atoms. The Morgan fingerprint density at radius 1 is 1.15 bits per heavy atom. The Balaban J connectivity index is 0.00000196. The van der Waals surface area contributed by atoms with Crippen LogP contribution in [-0.2, 0) is 16.4 Å². The lowest BCUT2D eigenvalue weighted by molar-refractivity contribution is 0.598. The molecule has 0 fully saturated rings. The van der Waals surface area contributed by atoms with Crippen molar-refractivity contribution in [3.05, 3.63) is 58.6 Å². The van der Waals surface area contributed by atoms with Crippen LogP contribution in [0, 0.1) is 6.92 Å². The first-order valence-electron chi connectivity index (χ1n) is 8.02. The fraction of sp³-hybridized carbons (Fsp3) is 0.211. The summed E-state index contributed by atoms with van der Waals surface area (Å²) in [6, 6.07) is 13.7. The van der Waals surface area contributed by atoms with Gasteiger partial charge in [-0.2, -0.15) is 0 Å². The highest BCUT2D eigenvalue weighted by Gasteiger charge is 2.26. The van der Waals surface area contributed by atoms with Crippen LogP contribution in [0.4, 0.5) is 5.69 Å². The molecule has 2 aromatic carbocycles. The molecule has 0 unspecified atom stereocenters. The van der Waals surface area contributed by atoms with E-state index in [1.54, 1.807) is 0 Å². The number of rotatable bonds is 2. The van der Waals surface area contributed by atoms with Gasteiger partial charge in [0.05, 0.1) is 28.2 Å². The van der Waals surface area contributed by atoms with E-state index in [4.69, 9.17) is 16.6 Å². The van der Waals surface area contributed by atoms with Crippen LogP contribution in [0.15, 0.2) is 42.5 Å². The van der Waals surface area contributed by atoms with Crippen molar-refractivity contribution >= 4 is 50.6 Å². The van der Waals surface area contributed by atoms with E-state index in [0.717, 1.165) is 39.0 Å². The molecule has 0 saturated heterocycles. The fourth-order valence-electron chi connectivity index (χ4n) is 3.41. The number of hydrogen-bond acceptors (Lipinski definition) is 3. The van der Waals surface area contributed by atoms with Crippen LogP contribution < -0.4 is 4.31 Å². The molecular formula is C19H18Cl2N2O2S. The van der Waals surface area contributed by atoms with Gasteiger partial charge in [0.2, 0.25) is 10.0 Å². The van der Waals surface area contributed by atoms with E-state index in [-0.39, 0.29) is 12.4 Å². The molecule has 1 aromatic heterocycles. The standard InChI is InChI=1S/C19H17ClN2O2S.ClH/c1-12-15-5-3-4-6-16(15)21-19(18(12)20)14-7-8-17-13(11-14)9-10-22(17)25(2,23)24;/h3-8,11H,9-10H2,1-2H3;1H. The summed E-state index contributed by atoms with van der Waals surface area (Å²) >= 11 is 6.59. The third-order valence-electron chi connectivity index (χ3n) is 4.68. The second-order valence-corrected chi connectivity index (χ2v) is 8.63. The molecule has 0 radical (unpaired) electrons. The Morgan fingerprint density at radius 3 is 2.62 bits per heavy atom. The number of sulfonamides is 1. The summed E-state index contributed by atoms with van der Waals surface area (Å²) in [5, 5.41) is 1.68. The van der Waals surface area contributed by atoms with E-state index in [1.165, 1.54) is 10.6 Å². The number of fused-ring (bicyclic) bond motifs is 2. The molecule has 0 atom stereocenters. The zero-order valence-electron chi connectivity index (χ0n) is 14.4. The Kier molecular flexibility index (Phi) is 4.90. The van der Waals surface area contributed by atoms with Gasteiger partial charge < -0.3 is 0 Å². The lowest BCUT2D eigenvalue weighted by Gasteiger charge is -2.17. The predicted molar refractivity (Wildman–Crippen MR) is 110 cm³/mol. The van der Waals surface area contributed by atoms with Crippen molar-refractivity contribution in [2.45, 2.75) is 13.3 Å². The highest BCUT2D eigenvalue weighted by molar-refractivity contribution is 7.92. The second-order valence-electron chi connectivity index (χ2n) is 6.35. The summed E-state index contributed by atoms with van der Waals surface area (Å²) in [6.07, 6.45) is 1.93. The van der Waals surface area contributed by atoms with Gasteiger partial charge in [0.15, 0.2) is 0 Å². The Morgan fingerprint density at radius 2 is 1.88 bits per heavy atom. The summed E-state index contributed by atoms with van der Waals surface area (Å²) < 4.78 is 25.2. The summed E-state index contributed by atoms with van der Waals surface area (Å²) in [5.74, 6) is 0. The van der Waals surface area contributed by atoms with Crippen LogP contribution in [-0.4, -0.2) is 26.2 Å². The van der Waals surface area contributed by atoms with Crippen LogP contribution >= 0.6 is 24.0 Å². The lowest BCUT2D eigenvalue weighted by atomic mass is 10.0. The minimum Gasteiger partial charge on any atom is -0.270 e. The molecule has 1 aliphatic rings. The molecule has 136 valence electrons. The topological polar surface area (TPSA) is 50.3 Å². The Bertz CT molecular complexity index is 1110. The normalized spacial score (nSPS) is 13.6. The largest absolute Gasteiger partial charge is 0.270 e. The van der Waals surface area contributed by atoms with Crippen LogP contribution in [0.3, 0.4) is 0 Å². The minimum absolute atomic E-state index is 0. The smallest absolute Gasteiger partial charge is 0.232 e. The van der Waals surface area contributed by atoms with Gasteiger partial charge in [0.25, 0.3) is 0 Å². The van der Waals surface area contributed by atoms with Gasteiger partial charge in [0, 0.05) is 17.5 Å². The zero-order chi connectivity index (χ0) is 17.8. The highest BCUT2D eigenvalue weighted by Crippen LogP contribution is 2.37. The third-order valence-corrected chi connectivity index (χ3v) is 6.33. The van der Waals surface area contributed by atoms with Gasteiger partial charge in [-0.25, -0.2) is 13.4 Å². The molecule has 0 amide bonds. The molecule has 7 heteroatoms. The second kappa shape index (κ2) is 6.72. The predicted octanol–water partition coefficient (Wildman–Crippen LogP) is 4.61. The molecule has 4 rings (SSSR count). The summed E-state index contributed by atoms with van der Waals surface area (Å²) in [7, 11) is -3.25. The van der Waals surface area contributed by atoms with E-state index in [9.17, 15) is 8.42 Å². The van der Waals surface area contributed by atoms with E-state index < -0.39 is 10.0 Å². The number of hydrogen-bond donors (Lipinski definition) is 0. The number of benzene rings is 2. The number of anilines is 1. The van der Waals surface area contributed by atoms with Crippen LogP contribution in [0.25, 0.3) is 22.2 Å². The number of nitrogens with zero attached hydrogens (tertiary/aromatic N) is 2.